The van der Waals surface area contributed by atoms with Crippen LogP contribution in [-0.4, -0.2) is 36.4 Å². The first kappa shape index (κ1) is 10.7. The fourth-order valence-electron chi connectivity index (χ4n) is 0.926. The highest BCUT2D eigenvalue weighted by Gasteiger charge is 2.18. The predicted octanol–water partition coefficient (Wildman–Crippen LogP) is -0.0266. The lowest BCUT2D eigenvalue weighted by Gasteiger charge is -2.12. The Morgan fingerprint density at radius 3 is 2.71 bits per heavy atom. The number of nitrogens with one attached hydrogen (secondary N) is 2. The van der Waals surface area contributed by atoms with Crippen molar-refractivity contribution in [3.8, 4) is 0 Å². The van der Waals surface area contributed by atoms with Gasteiger partial charge in [-0.3, -0.25) is 4.79 Å². The molecule has 14 heavy (non-hydrogen) atoms. The van der Waals surface area contributed by atoms with Crippen molar-refractivity contribution in [2.24, 2.45) is 0 Å². The van der Waals surface area contributed by atoms with E-state index in [0.717, 1.165) is 11.5 Å². The second-order valence-electron chi connectivity index (χ2n) is 2.86. The van der Waals surface area contributed by atoms with Crippen molar-refractivity contribution in [2.45, 2.75) is 0 Å². The summed E-state index contributed by atoms with van der Waals surface area (Å²) >= 11 is 1.16. The maximum Gasteiger partial charge on any atom is 0.257 e. The molecule has 7 heteroatoms. The highest BCUT2D eigenvalue weighted by Crippen LogP contribution is 2.26. The van der Waals surface area contributed by atoms with Crippen LogP contribution in [0.1, 0.15) is 10.4 Å². The van der Waals surface area contributed by atoms with Crippen LogP contribution in [0.25, 0.3) is 0 Å². The lowest BCUT2D eigenvalue weighted by molar-refractivity contribution is 0.0965. The van der Waals surface area contributed by atoms with E-state index in [-0.39, 0.29) is 11.7 Å². The average Bonchev–Trinajstić information content (AvgIpc) is 2.45. The third kappa shape index (κ3) is 2.12. The molecule has 0 saturated heterocycles. The van der Waals surface area contributed by atoms with Gasteiger partial charge in [-0.15, -0.1) is 0 Å². The number of hydrogen-bond acceptors (Lipinski definition) is 6. The standard InChI is InChI=1S/C7H13N5OS/c1-9-6(13)4-5(8)11-14-7(4)10-12(2)3/h10H,1-3H3,(H2,8,11)(H,9,13). The second-order valence-corrected chi connectivity index (χ2v) is 3.63. The maximum absolute atomic E-state index is 11.4. The van der Waals surface area contributed by atoms with Crippen LogP contribution in [0.5, 0.6) is 0 Å². The number of anilines is 2. The topological polar surface area (TPSA) is 83.3 Å². The minimum atomic E-state index is -0.236. The van der Waals surface area contributed by atoms with E-state index >= 15 is 0 Å². The number of amides is 1. The van der Waals surface area contributed by atoms with Crippen molar-refractivity contribution >= 4 is 28.3 Å². The summed E-state index contributed by atoms with van der Waals surface area (Å²) in [5, 5.41) is 4.88. The summed E-state index contributed by atoms with van der Waals surface area (Å²) in [6.07, 6.45) is 0. The van der Waals surface area contributed by atoms with Crippen molar-refractivity contribution in [1.82, 2.24) is 14.7 Å². The third-order valence-corrected chi connectivity index (χ3v) is 2.26. The molecule has 78 valence electrons. The number of hydrazine groups is 1. The fraction of sp³-hybridized carbons (Fsp3) is 0.429. The summed E-state index contributed by atoms with van der Waals surface area (Å²) < 4.78 is 3.91. The minimum Gasteiger partial charge on any atom is -0.382 e. The van der Waals surface area contributed by atoms with E-state index in [4.69, 9.17) is 5.73 Å². The van der Waals surface area contributed by atoms with Crippen LogP contribution in [0, 0.1) is 0 Å². The molecule has 0 saturated carbocycles. The van der Waals surface area contributed by atoms with E-state index in [2.05, 4.69) is 15.1 Å². The fourth-order valence-corrected chi connectivity index (χ4v) is 1.72. The van der Waals surface area contributed by atoms with Crippen molar-refractivity contribution in [3.63, 3.8) is 0 Å². The van der Waals surface area contributed by atoms with Crippen LogP contribution in [0.15, 0.2) is 0 Å². The van der Waals surface area contributed by atoms with Gasteiger partial charge in [-0.1, -0.05) is 0 Å². The molecule has 1 aromatic heterocycles. The first-order valence-corrected chi connectivity index (χ1v) is 4.74. The van der Waals surface area contributed by atoms with Gasteiger partial charge in [0.25, 0.3) is 5.91 Å². The van der Waals surface area contributed by atoms with Crippen LogP contribution in [0.4, 0.5) is 10.8 Å². The zero-order chi connectivity index (χ0) is 10.7. The van der Waals surface area contributed by atoms with Gasteiger partial charge in [0, 0.05) is 21.1 Å². The molecule has 0 radical (unpaired) electrons. The Balaban J connectivity index is 3.00. The summed E-state index contributed by atoms with van der Waals surface area (Å²) in [6, 6.07) is 0. The number of carbonyl (C=O) groups excluding carboxylic acids is 1. The van der Waals surface area contributed by atoms with Crippen LogP contribution < -0.4 is 16.5 Å². The molecule has 4 N–H and O–H groups in total. The molecule has 1 aromatic rings. The molecule has 0 bridgehead atoms. The lowest BCUT2D eigenvalue weighted by Crippen LogP contribution is -2.24. The monoisotopic (exact) mass is 215 g/mol. The Bertz CT molecular complexity index is 335. The first-order valence-electron chi connectivity index (χ1n) is 3.97. The largest absolute Gasteiger partial charge is 0.382 e. The molecule has 1 heterocycles. The molecule has 0 fully saturated rings. The van der Waals surface area contributed by atoms with Crippen molar-refractivity contribution in [1.29, 1.82) is 0 Å². The molecule has 0 aromatic carbocycles. The van der Waals surface area contributed by atoms with Gasteiger partial charge in [0.05, 0.1) is 0 Å². The second kappa shape index (κ2) is 4.25. The van der Waals surface area contributed by atoms with E-state index in [1.54, 1.807) is 12.1 Å². The van der Waals surface area contributed by atoms with Crippen molar-refractivity contribution < 1.29 is 4.79 Å². The molecule has 1 rings (SSSR count). The summed E-state index contributed by atoms with van der Waals surface area (Å²) in [7, 11) is 5.20. The molecule has 0 aliphatic heterocycles. The quantitative estimate of drug-likeness (QED) is 0.617. The number of nitrogens with zero attached hydrogens (tertiary/aromatic N) is 2. The Morgan fingerprint density at radius 1 is 1.57 bits per heavy atom. The predicted molar refractivity (Wildman–Crippen MR) is 57.2 cm³/mol. The number of rotatable bonds is 3. The summed E-state index contributed by atoms with van der Waals surface area (Å²) in [4.78, 5) is 11.4. The SMILES string of the molecule is CNC(=O)c1c(N)nsc1NN(C)C. The molecule has 0 atom stereocenters. The van der Waals surface area contributed by atoms with Gasteiger partial charge in [-0.2, -0.15) is 4.37 Å². The lowest BCUT2D eigenvalue weighted by atomic mass is 10.3. The highest BCUT2D eigenvalue weighted by atomic mass is 32.1. The number of nitrogen functional groups attached to an aromatic ring is 1. The molecule has 1 amide bonds. The Kier molecular flexibility index (Phi) is 3.26. The minimum absolute atomic E-state index is 0.236. The molecule has 0 unspecified atom stereocenters. The Labute approximate surface area is 86.2 Å². The Hall–Kier alpha value is -1.34. The third-order valence-electron chi connectivity index (χ3n) is 1.50. The zero-order valence-electron chi connectivity index (χ0n) is 8.29. The van der Waals surface area contributed by atoms with Gasteiger partial charge >= 0.3 is 0 Å². The van der Waals surface area contributed by atoms with Gasteiger partial charge in [-0.05, 0) is 11.5 Å². The van der Waals surface area contributed by atoms with Gasteiger partial charge in [0.15, 0.2) is 5.82 Å². The number of hydrogen-bond donors (Lipinski definition) is 3. The van der Waals surface area contributed by atoms with Gasteiger partial charge in [0.2, 0.25) is 0 Å². The number of nitrogens with two attached hydrogens (primary N) is 1. The molecular formula is C7H13N5OS. The molecule has 6 nitrogen and oxygen atoms in total. The molecular weight excluding hydrogens is 202 g/mol. The maximum atomic E-state index is 11.4. The average molecular weight is 215 g/mol. The molecule has 0 aliphatic carbocycles. The number of carbonyl (C=O) groups is 1. The van der Waals surface area contributed by atoms with Crippen LogP contribution in [0.2, 0.25) is 0 Å². The smallest absolute Gasteiger partial charge is 0.257 e. The van der Waals surface area contributed by atoms with E-state index in [0.29, 0.717) is 10.6 Å². The van der Waals surface area contributed by atoms with E-state index < -0.39 is 0 Å². The molecule has 0 aliphatic rings. The van der Waals surface area contributed by atoms with Crippen molar-refractivity contribution in [3.05, 3.63) is 5.56 Å². The normalized spacial score (nSPS) is 10.3. The highest BCUT2D eigenvalue weighted by molar-refractivity contribution is 7.11. The van der Waals surface area contributed by atoms with Gasteiger partial charge in [0.1, 0.15) is 10.6 Å². The zero-order valence-corrected chi connectivity index (χ0v) is 9.10. The summed E-state index contributed by atoms with van der Waals surface area (Å²) in [5.41, 5.74) is 8.93. The molecule has 0 spiro atoms. The van der Waals surface area contributed by atoms with Gasteiger partial charge < -0.3 is 16.5 Å². The van der Waals surface area contributed by atoms with Crippen LogP contribution in [0.3, 0.4) is 0 Å². The van der Waals surface area contributed by atoms with Crippen molar-refractivity contribution in [2.75, 3.05) is 32.3 Å². The van der Waals surface area contributed by atoms with Crippen LogP contribution >= 0.6 is 11.5 Å². The van der Waals surface area contributed by atoms with E-state index in [9.17, 15) is 4.79 Å². The van der Waals surface area contributed by atoms with Gasteiger partial charge in [-0.25, -0.2) is 5.01 Å². The summed E-state index contributed by atoms with van der Waals surface area (Å²) in [6.45, 7) is 0. The Morgan fingerprint density at radius 2 is 2.21 bits per heavy atom. The first-order chi connectivity index (χ1) is 6.56. The van der Waals surface area contributed by atoms with E-state index in [1.165, 1.54) is 0 Å². The number of aromatic nitrogens is 1. The van der Waals surface area contributed by atoms with E-state index in [1.807, 2.05) is 14.1 Å². The van der Waals surface area contributed by atoms with Crippen LogP contribution in [-0.2, 0) is 0 Å². The summed E-state index contributed by atoms with van der Waals surface area (Å²) in [5.74, 6) is 0.0132.